The van der Waals surface area contributed by atoms with Crippen LogP contribution in [0.5, 0.6) is 11.5 Å². The molecule has 0 aliphatic carbocycles. The van der Waals surface area contributed by atoms with Crippen molar-refractivity contribution in [2.45, 2.75) is 40.0 Å². The Balaban J connectivity index is 0.00000420. The third-order valence-electron chi connectivity index (χ3n) is 5.01. The number of aliphatic imine (C=N–C) groups is 1. The van der Waals surface area contributed by atoms with E-state index in [0.29, 0.717) is 19.1 Å². The molecule has 2 N–H and O–H groups in total. The molecule has 1 aromatic rings. The van der Waals surface area contributed by atoms with Gasteiger partial charge in [-0.1, -0.05) is 13.0 Å². The van der Waals surface area contributed by atoms with Crippen LogP contribution in [0.1, 0.15) is 39.2 Å². The topological polar surface area (TPSA) is 58.1 Å². The molecule has 1 aliphatic heterocycles. The molecule has 6 nitrogen and oxygen atoms in total. The lowest BCUT2D eigenvalue weighted by Gasteiger charge is -2.17. The minimum Gasteiger partial charge on any atom is -0.490 e. The van der Waals surface area contributed by atoms with Crippen LogP contribution in [0.3, 0.4) is 0 Å². The van der Waals surface area contributed by atoms with E-state index in [2.05, 4.69) is 39.6 Å². The Labute approximate surface area is 193 Å². The van der Waals surface area contributed by atoms with E-state index >= 15 is 0 Å². The molecule has 1 aliphatic rings. The van der Waals surface area contributed by atoms with Crippen LogP contribution in [-0.2, 0) is 6.42 Å². The van der Waals surface area contributed by atoms with Crippen LogP contribution in [-0.4, -0.2) is 63.8 Å². The number of hydrogen-bond acceptors (Lipinski definition) is 4. The average Bonchev–Trinajstić information content (AvgIpc) is 3.14. The van der Waals surface area contributed by atoms with Crippen molar-refractivity contribution in [1.82, 2.24) is 15.5 Å². The van der Waals surface area contributed by atoms with Gasteiger partial charge in [0, 0.05) is 26.7 Å². The minimum absolute atomic E-state index is 0. The zero-order chi connectivity index (χ0) is 20.2. The SMILES string of the molecule is CCCN1CCC(CNC(=NC)NCCc2ccc(OCC)c(OCC)c2)C1.I. The van der Waals surface area contributed by atoms with Crippen LogP contribution in [0.15, 0.2) is 23.2 Å². The third kappa shape index (κ3) is 8.99. The summed E-state index contributed by atoms with van der Waals surface area (Å²) in [6, 6.07) is 6.18. The Morgan fingerprint density at radius 2 is 1.90 bits per heavy atom. The number of halogens is 1. The highest BCUT2D eigenvalue weighted by atomic mass is 127. The first-order chi connectivity index (χ1) is 13.7. The summed E-state index contributed by atoms with van der Waals surface area (Å²) in [6.45, 7) is 13.0. The molecule has 7 heteroatoms. The second-order valence-electron chi connectivity index (χ2n) is 7.23. The Hall–Kier alpha value is -1.22. The van der Waals surface area contributed by atoms with Gasteiger partial charge in [-0.05, 0) is 69.8 Å². The molecular formula is C22H39IN4O2. The maximum absolute atomic E-state index is 5.71. The molecule has 166 valence electrons. The fourth-order valence-corrected chi connectivity index (χ4v) is 3.64. The Bertz CT molecular complexity index is 612. The van der Waals surface area contributed by atoms with Crippen molar-refractivity contribution in [1.29, 1.82) is 0 Å². The van der Waals surface area contributed by atoms with Crippen molar-refractivity contribution in [2.75, 3.05) is 53.0 Å². The lowest BCUT2D eigenvalue weighted by Crippen LogP contribution is -2.41. The molecule has 0 aromatic heterocycles. The van der Waals surface area contributed by atoms with E-state index in [1.54, 1.807) is 0 Å². The Morgan fingerprint density at radius 3 is 2.59 bits per heavy atom. The van der Waals surface area contributed by atoms with Crippen LogP contribution in [0.4, 0.5) is 0 Å². The van der Waals surface area contributed by atoms with Gasteiger partial charge in [0.1, 0.15) is 0 Å². The van der Waals surface area contributed by atoms with E-state index in [1.807, 2.05) is 27.0 Å². The predicted octanol–water partition coefficient (Wildman–Crippen LogP) is 3.54. The fraction of sp³-hybridized carbons (Fsp3) is 0.682. The molecule has 1 atom stereocenters. The summed E-state index contributed by atoms with van der Waals surface area (Å²) in [5.74, 6) is 3.23. The van der Waals surface area contributed by atoms with Gasteiger partial charge in [0.15, 0.2) is 17.5 Å². The van der Waals surface area contributed by atoms with Crippen LogP contribution < -0.4 is 20.1 Å². The zero-order valence-corrected chi connectivity index (χ0v) is 20.8. The molecule has 0 saturated carbocycles. The standard InChI is InChI=1S/C22H38N4O2.HI/c1-5-13-26-14-11-19(17-26)16-25-22(23-4)24-12-10-18-8-9-20(27-6-2)21(15-18)28-7-3;/h8-9,15,19H,5-7,10-14,16-17H2,1-4H3,(H2,23,24,25);1H. The van der Waals surface area contributed by atoms with Gasteiger partial charge in [-0.3, -0.25) is 4.99 Å². The van der Waals surface area contributed by atoms with Crippen molar-refractivity contribution in [2.24, 2.45) is 10.9 Å². The maximum atomic E-state index is 5.71. The number of guanidine groups is 1. The molecular weight excluding hydrogens is 479 g/mol. The molecule has 1 unspecified atom stereocenters. The van der Waals surface area contributed by atoms with E-state index < -0.39 is 0 Å². The van der Waals surface area contributed by atoms with Crippen LogP contribution >= 0.6 is 24.0 Å². The first-order valence-corrected chi connectivity index (χ1v) is 10.7. The molecule has 0 radical (unpaired) electrons. The molecule has 1 aromatic carbocycles. The highest BCUT2D eigenvalue weighted by Crippen LogP contribution is 2.28. The number of nitrogens with one attached hydrogen (secondary N) is 2. The van der Waals surface area contributed by atoms with Gasteiger partial charge in [-0.15, -0.1) is 24.0 Å². The van der Waals surface area contributed by atoms with Crippen molar-refractivity contribution in [3.8, 4) is 11.5 Å². The number of ether oxygens (including phenoxy) is 2. The quantitative estimate of drug-likeness (QED) is 0.267. The smallest absolute Gasteiger partial charge is 0.190 e. The van der Waals surface area contributed by atoms with Gasteiger partial charge < -0.3 is 25.0 Å². The molecule has 0 spiro atoms. The predicted molar refractivity (Wildman–Crippen MR) is 132 cm³/mol. The summed E-state index contributed by atoms with van der Waals surface area (Å²) in [5, 5.41) is 6.91. The Kier molecular flexibility index (Phi) is 13.1. The van der Waals surface area contributed by atoms with E-state index in [9.17, 15) is 0 Å². The van der Waals surface area contributed by atoms with E-state index in [1.165, 1.54) is 38.0 Å². The lowest BCUT2D eigenvalue weighted by molar-refractivity contribution is 0.287. The summed E-state index contributed by atoms with van der Waals surface area (Å²) in [6.07, 6.45) is 3.41. The second kappa shape index (κ2) is 14.7. The summed E-state index contributed by atoms with van der Waals surface area (Å²) in [5.41, 5.74) is 1.22. The number of likely N-dealkylation sites (tertiary alicyclic amines) is 1. The second-order valence-corrected chi connectivity index (χ2v) is 7.23. The van der Waals surface area contributed by atoms with Gasteiger partial charge in [-0.25, -0.2) is 0 Å². The van der Waals surface area contributed by atoms with E-state index in [0.717, 1.165) is 37.0 Å². The normalized spacial score (nSPS) is 17.0. The highest BCUT2D eigenvalue weighted by molar-refractivity contribution is 14.0. The minimum atomic E-state index is 0. The number of benzene rings is 1. The summed E-state index contributed by atoms with van der Waals surface area (Å²) in [7, 11) is 1.83. The van der Waals surface area contributed by atoms with Crippen molar-refractivity contribution in [3.63, 3.8) is 0 Å². The van der Waals surface area contributed by atoms with E-state index in [-0.39, 0.29) is 24.0 Å². The van der Waals surface area contributed by atoms with Gasteiger partial charge >= 0.3 is 0 Å². The largest absolute Gasteiger partial charge is 0.490 e. The van der Waals surface area contributed by atoms with Crippen molar-refractivity contribution < 1.29 is 9.47 Å². The number of nitrogens with zero attached hydrogens (tertiary/aromatic N) is 2. The van der Waals surface area contributed by atoms with Gasteiger partial charge in [0.05, 0.1) is 13.2 Å². The van der Waals surface area contributed by atoms with Crippen molar-refractivity contribution >= 4 is 29.9 Å². The van der Waals surface area contributed by atoms with Gasteiger partial charge in [-0.2, -0.15) is 0 Å². The molecule has 29 heavy (non-hydrogen) atoms. The first-order valence-electron chi connectivity index (χ1n) is 10.7. The van der Waals surface area contributed by atoms with Gasteiger partial charge in [0.2, 0.25) is 0 Å². The maximum Gasteiger partial charge on any atom is 0.190 e. The molecule has 1 heterocycles. The van der Waals surface area contributed by atoms with Crippen LogP contribution in [0.2, 0.25) is 0 Å². The number of rotatable bonds is 11. The highest BCUT2D eigenvalue weighted by Gasteiger charge is 2.21. The van der Waals surface area contributed by atoms with Crippen LogP contribution in [0, 0.1) is 5.92 Å². The summed E-state index contributed by atoms with van der Waals surface area (Å²) in [4.78, 5) is 6.92. The summed E-state index contributed by atoms with van der Waals surface area (Å²) >= 11 is 0. The fourth-order valence-electron chi connectivity index (χ4n) is 3.64. The molecule has 2 rings (SSSR count). The Morgan fingerprint density at radius 1 is 1.14 bits per heavy atom. The molecule has 0 amide bonds. The molecule has 1 fully saturated rings. The average molecular weight is 518 g/mol. The molecule has 0 bridgehead atoms. The third-order valence-corrected chi connectivity index (χ3v) is 5.01. The first kappa shape index (κ1) is 25.8. The summed E-state index contributed by atoms with van der Waals surface area (Å²) < 4.78 is 11.3. The van der Waals surface area contributed by atoms with Crippen LogP contribution in [0.25, 0.3) is 0 Å². The molecule has 1 saturated heterocycles. The lowest BCUT2D eigenvalue weighted by atomic mass is 10.1. The zero-order valence-electron chi connectivity index (χ0n) is 18.5. The number of hydrogen-bond donors (Lipinski definition) is 2. The van der Waals surface area contributed by atoms with Gasteiger partial charge in [0.25, 0.3) is 0 Å². The monoisotopic (exact) mass is 518 g/mol. The van der Waals surface area contributed by atoms with Crippen molar-refractivity contribution in [3.05, 3.63) is 23.8 Å². The van der Waals surface area contributed by atoms with E-state index in [4.69, 9.17) is 9.47 Å².